The zero-order chi connectivity index (χ0) is 12.4. The van der Waals surface area contributed by atoms with Gasteiger partial charge in [0.1, 0.15) is 0 Å². The molecule has 1 aromatic rings. The van der Waals surface area contributed by atoms with Gasteiger partial charge in [-0.2, -0.15) is 0 Å². The minimum atomic E-state index is -0.703. The Morgan fingerprint density at radius 3 is 2.88 bits per heavy atom. The van der Waals surface area contributed by atoms with Gasteiger partial charge in [0.25, 0.3) is 0 Å². The molecular formula is C12H14FNO3. The Morgan fingerprint density at radius 1 is 1.59 bits per heavy atom. The summed E-state index contributed by atoms with van der Waals surface area (Å²) >= 11 is 0. The first-order chi connectivity index (χ1) is 8.08. The molecule has 1 aliphatic rings. The summed E-state index contributed by atoms with van der Waals surface area (Å²) in [7, 11) is 0. The Morgan fingerprint density at radius 2 is 2.35 bits per heavy atom. The second-order valence-electron chi connectivity index (χ2n) is 4.04. The molecule has 1 unspecified atom stereocenters. The lowest BCUT2D eigenvalue weighted by atomic mass is 10.1. The average molecular weight is 239 g/mol. The first-order valence-corrected chi connectivity index (χ1v) is 5.46. The molecule has 92 valence electrons. The summed E-state index contributed by atoms with van der Waals surface area (Å²) in [5, 5.41) is 0. The highest BCUT2D eigenvalue weighted by Crippen LogP contribution is 2.24. The van der Waals surface area contributed by atoms with Gasteiger partial charge in [-0.25, -0.2) is 9.18 Å². The first-order valence-electron chi connectivity index (χ1n) is 5.46. The molecule has 1 saturated heterocycles. The lowest BCUT2D eigenvalue weighted by molar-refractivity contribution is -0.143. The van der Waals surface area contributed by atoms with Gasteiger partial charge in [-0.15, -0.1) is 0 Å². The number of rotatable bonds is 3. The molecule has 0 spiro atoms. The van der Waals surface area contributed by atoms with Crippen LogP contribution < -0.4 is 10.5 Å². The third kappa shape index (κ3) is 2.55. The van der Waals surface area contributed by atoms with E-state index < -0.39 is 17.9 Å². The van der Waals surface area contributed by atoms with Crippen LogP contribution in [-0.2, 0) is 9.53 Å². The third-order valence-corrected chi connectivity index (χ3v) is 2.64. The maximum absolute atomic E-state index is 13.7. The quantitative estimate of drug-likeness (QED) is 0.813. The largest absolute Gasteiger partial charge is 0.476 e. The molecule has 0 bridgehead atoms. The first kappa shape index (κ1) is 11.9. The van der Waals surface area contributed by atoms with Gasteiger partial charge in [0.15, 0.2) is 17.7 Å². The number of ether oxygens (including phenoxy) is 2. The van der Waals surface area contributed by atoms with Crippen LogP contribution in [0.5, 0.6) is 5.75 Å². The Hall–Kier alpha value is -1.62. The molecule has 0 aromatic heterocycles. The fourth-order valence-electron chi connectivity index (χ4n) is 1.63. The normalized spacial score (nSPS) is 21.1. The molecule has 4 nitrogen and oxygen atoms in total. The van der Waals surface area contributed by atoms with Crippen molar-refractivity contribution >= 4 is 5.97 Å². The van der Waals surface area contributed by atoms with Crippen molar-refractivity contribution in [3.8, 4) is 5.75 Å². The number of esters is 1. The van der Waals surface area contributed by atoms with Crippen molar-refractivity contribution in [1.82, 2.24) is 0 Å². The van der Waals surface area contributed by atoms with Crippen molar-refractivity contribution in [2.24, 2.45) is 5.73 Å². The number of hydrogen-bond donors (Lipinski definition) is 1. The summed E-state index contributed by atoms with van der Waals surface area (Å²) in [6, 6.07) is 4.25. The minimum Gasteiger partial charge on any atom is -0.476 e. The number of cyclic esters (lactones) is 1. The van der Waals surface area contributed by atoms with Crippen LogP contribution in [0.3, 0.4) is 0 Å². The van der Waals surface area contributed by atoms with Crippen LogP contribution in [0.2, 0.25) is 0 Å². The van der Waals surface area contributed by atoms with E-state index in [1.54, 1.807) is 13.0 Å². The predicted octanol–water partition coefficient (Wildman–Crippen LogP) is 1.54. The second-order valence-corrected chi connectivity index (χ2v) is 4.04. The van der Waals surface area contributed by atoms with E-state index in [9.17, 15) is 9.18 Å². The van der Waals surface area contributed by atoms with Crippen molar-refractivity contribution in [3.05, 3.63) is 29.6 Å². The molecule has 2 N–H and O–H groups in total. The second kappa shape index (κ2) is 4.71. The van der Waals surface area contributed by atoms with E-state index in [4.69, 9.17) is 15.2 Å². The van der Waals surface area contributed by atoms with E-state index in [1.165, 1.54) is 12.1 Å². The monoisotopic (exact) mass is 239 g/mol. The minimum absolute atomic E-state index is 0.0539. The van der Waals surface area contributed by atoms with Gasteiger partial charge in [-0.05, 0) is 24.6 Å². The Balaban J connectivity index is 2.14. The zero-order valence-electron chi connectivity index (χ0n) is 9.48. The van der Waals surface area contributed by atoms with Crippen LogP contribution >= 0.6 is 0 Å². The van der Waals surface area contributed by atoms with E-state index in [1.807, 2.05) is 0 Å². The fourth-order valence-corrected chi connectivity index (χ4v) is 1.63. The molecule has 1 heterocycles. The Kier molecular flexibility index (Phi) is 3.28. The lowest BCUT2D eigenvalue weighted by Crippen LogP contribution is -2.22. The van der Waals surface area contributed by atoms with Crippen molar-refractivity contribution in [3.63, 3.8) is 0 Å². The van der Waals surface area contributed by atoms with Crippen LogP contribution in [0.15, 0.2) is 18.2 Å². The van der Waals surface area contributed by atoms with Gasteiger partial charge in [0.2, 0.25) is 0 Å². The standard InChI is InChI=1S/C12H14FNO3/c1-7(14)8-2-3-10(9(13)6-8)17-11-4-5-16-12(11)15/h2-3,6-7,11H,4-5,14H2,1H3/t7-,11?/m0/s1. The molecule has 17 heavy (non-hydrogen) atoms. The lowest BCUT2D eigenvalue weighted by Gasteiger charge is -2.12. The van der Waals surface area contributed by atoms with Crippen LogP contribution in [0.4, 0.5) is 4.39 Å². The van der Waals surface area contributed by atoms with Crippen molar-refractivity contribution in [2.45, 2.75) is 25.5 Å². The number of hydrogen-bond acceptors (Lipinski definition) is 4. The molecule has 1 aliphatic heterocycles. The topological polar surface area (TPSA) is 61.6 Å². The van der Waals surface area contributed by atoms with Gasteiger partial charge in [0, 0.05) is 12.5 Å². The molecule has 2 rings (SSSR count). The van der Waals surface area contributed by atoms with Crippen molar-refractivity contribution in [2.75, 3.05) is 6.61 Å². The maximum atomic E-state index is 13.7. The predicted molar refractivity (Wildman–Crippen MR) is 59.0 cm³/mol. The van der Waals surface area contributed by atoms with Gasteiger partial charge >= 0.3 is 5.97 Å². The van der Waals surface area contributed by atoms with Gasteiger partial charge < -0.3 is 15.2 Å². The Bertz CT molecular complexity index is 434. The fraction of sp³-hybridized carbons (Fsp3) is 0.417. The van der Waals surface area contributed by atoms with E-state index in [2.05, 4.69) is 0 Å². The summed E-state index contributed by atoms with van der Waals surface area (Å²) < 4.78 is 23.7. The summed E-state index contributed by atoms with van der Waals surface area (Å²) in [5.41, 5.74) is 6.32. The maximum Gasteiger partial charge on any atom is 0.347 e. The van der Waals surface area contributed by atoms with Crippen molar-refractivity contribution < 1.29 is 18.7 Å². The molecule has 5 heteroatoms. The zero-order valence-corrected chi connectivity index (χ0v) is 9.48. The van der Waals surface area contributed by atoms with E-state index in [0.717, 1.165) is 0 Å². The van der Waals surface area contributed by atoms with Crippen molar-refractivity contribution in [1.29, 1.82) is 0 Å². The molecule has 1 aromatic carbocycles. The SMILES string of the molecule is C[C@H](N)c1ccc(OC2CCOC2=O)c(F)c1. The Labute approximate surface area is 98.5 Å². The summed E-state index contributed by atoms with van der Waals surface area (Å²) in [6.45, 7) is 2.09. The highest BCUT2D eigenvalue weighted by molar-refractivity contribution is 5.76. The molecule has 0 saturated carbocycles. The number of halogens is 1. The molecular weight excluding hydrogens is 225 g/mol. The number of carbonyl (C=O) groups is 1. The van der Waals surface area contributed by atoms with Crippen LogP contribution in [-0.4, -0.2) is 18.7 Å². The van der Waals surface area contributed by atoms with Gasteiger partial charge in [-0.1, -0.05) is 6.07 Å². The molecule has 0 radical (unpaired) electrons. The summed E-state index contributed by atoms with van der Waals surface area (Å²) in [6.07, 6.45) is -0.251. The smallest absolute Gasteiger partial charge is 0.347 e. The summed E-state index contributed by atoms with van der Waals surface area (Å²) in [4.78, 5) is 11.2. The van der Waals surface area contributed by atoms with Crippen LogP contribution in [0.1, 0.15) is 24.9 Å². The van der Waals surface area contributed by atoms with Gasteiger partial charge in [-0.3, -0.25) is 0 Å². The molecule has 0 amide bonds. The highest BCUT2D eigenvalue weighted by Gasteiger charge is 2.29. The van der Waals surface area contributed by atoms with Gasteiger partial charge in [0.05, 0.1) is 6.61 Å². The third-order valence-electron chi connectivity index (χ3n) is 2.64. The van der Waals surface area contributed by atoms with Crippen LogP contribution in [0.25, 0.3) is 0 Å². The number of carbonyl (C=O) groups excluding carboxylic acids is 1. The van der Waals surface area contributed by atoms with Crippen LogP contribution in [0, 0.1) is 5.82 Å². The van der Waals surface area contributed by atoms with E-state index in [0.29, 0.717) is 18.6 Å². The summed E-state index contributed by atoms with van der Waals surface area (Å²) in [5.74, 6) is -0.904. The molecule has 0 aliphatic carbocycles. The van der Waals surface area contributed by atoms with E-state index in [-0.39, 0.29) is 11.8 Å². The highest BCUT2D eigenvalue weighted by atomic mass is 19.1. The molecule has 1 fully saturated rings. The molecule has 2 atom stereocenters. The van der Waals surface area contributed by atoms with E-state index >= 15 is 0 Å². The number of nitrogens with two attached hydrogens (primary N) is 1. The average Bonchev–Trinajstić information content (AvgIpc) is 2.67. The number of benzene rings is 1.